The second-order valence-corrected chi connectivity index (χ2v) is 8.94. The van der Waals surface area contributed by atoms with E-state index in [1.807, 2.05) is 49.7 Å². The van der Waals surface area contributed by atoms with Crippen molar-refractivity contribution in [3.8, 4) is 22.4 Å². The molecule has 0 spiro atoms. The number of aryl methyl sites for hydroxylation is 1. The minimum absolute atomic E-state index is 0.395. The van der Waals surface area contributed by atoms with Crippen LogP contribution in [-0.2, 0) is 7.05 Å². The third-order valence-electron chi connectivity index (χ3n) is 5.93. The van der Waals surface area contributed by atoms with Crippen LogP contribution in [0.5, 0.6) is 0 Å². The first-order valence-electron chi connectivity index (χ1n) is 11.2. The molecule has 0 saturated heterocycles. The van der Waals surface area contributed by atoms with Crippen molar-refractivity contribution in [1.29, 1.82) is 0 Å². The van der Waals surface area contributed by atoms with Crippen molar-refractivity contribution in [3.05, 3.63) is 94.9 Å². The molecule has 5 aromatic rings. The SMILES string of the molecule is [2H]c1c(C)c([2H])c(-c2c(C)ccc3c2sc2c(-c4ccccc4)c([N+]#[C-])ccc23)[n+](C)c1C. The molecule has 2 nitrogen and oxygen atoms in total. The molecule has 3 aromatic carbocycles. The average Bonchev–Trinajstić information content (AvgIpc) is 3.21. The largest absolute Gasteiger partial charge is 0.237 e. The number of nitrogens with zero attached hydrogens (tertiary/aromatic N) is 2. The molecule has 0 atom stereocenters. The summed E-state index contributed by atoms with van der Waals surface area (Å²) in [7, 11) is 1.94. The Bertz CT molecular complexity index is 1600. The van der Waals surface area contributed by atoms with E-state index in [9.17, 15) is 0 Å². The van der Waals surface area contributed by atoms with E-state index in [-0.39, 0.29) is 0 Å². The van der Waals surface area contributed by atoms with E-state index in [4.69, 9.17) is 9.31 Å². The van der Waals surface area contributed by atoms with Crippen LogP contribution in [0.25, 0.3) is 47.4 Å². The summed E-state index contributed by atoms with van der Waals surface area (Å²) in [6.07, 6.45) is 0. The first-order chi connectivity index (χ1) is 15.8. The van der Waals surface area contributed by atoms with Crippen molar-refractivity contribution in [2.45, 2.75) is 20.8 Å². The number of benzene rings is 3. The Labute approximate surface area is 189 Å². The van der Waals surface area contributed by atoms with E-state index in [0.717, 1.165) is 53.8 Å². The Morgan fingerprint density at radius 1 is 0.871 bits per heavy atom. The van der Waals surface area contributed by atoms with Gasteiger partial charge >= 0.3 is 0 Å². The van der Waals surface area contributed by atoms with Gasteiger partial charge in [0.15, 0.2) is 11.4 Å². The maximum absolute atomic E-state index is 8.88. The van der Waals surface area contributed by atoms with Crippen molar-refractivity contribution < 1.29 is 7.31 Å². The Kier molecular flexibility index (Phi) is 4.08. The van der Waals surface area contributed by atoms with Crippen LogP contribution >= 0.6 is 11.3 Å². The minimum Gasteiger partial charge on any atom is -0.237 e. The zero-order chi connectivity index (χ0) is 23.4. The molecule has 0 bridgehead atoms. The van der Waals surface area contributed by atoms with Gasteiger partial charge in [-0.3, -0.25) is 0 Å². The summed E-state index contributed by atoms with van der Waals surface area (Å²) in [6, 6.07) is 19.2. The maximum atomic E-state index is 8.88. The summed E-state index contributed by atoms with van der Waals surface area (Å²) in [4.78, 5) is 3.83. The summed E-state index contributed by atoms with van der Waals surface area (Å²) in [5.74, 6) is 0. The van der Waals surface area contributed by atoms with Gasteiger partial charge in [0, 0.05) is 39.4 Å². The van der Waals surface area contributed by atoms with Crippen LogP contribution in [0.15, 0.2) is 66.7 Å². The molecule has 150 valence electrons. The van der Waals surface area contributed by atoms with E-state index in [0.29, 0.717) is 23.3 Å². The Hall–Kier alpha value is -3.48. The molecule has 0 aliphatic carbocycles. The van der Waals surface area contributed by atoms with Gasteiger partial charge in [-0.2, -0.15) is 4.57 Å². The molecule has 0 radical (unpaired) electrons. The van der Waals surface area contributed by atoms with Gasteiger partial charge in [-0.25, -0.2) is 4.85 Å². The van der Waals surface area contributed by atoms with E-state index >= 15 is 0 Å². The third kappa shape index (κ3) is 3.03. The van der Waals surface area contributed by atoms with Gasteiger partial charge in [-0.05, 0) is 35.9 Å². The number of hydrogen-bond donors (Lipinski definition) is 0. The highest BCUT2D eigenvalue weighted by molar-refractivity contribution is 7.27. The van der Waals surface area contributed by atoms with Gasteiger partial charge < -0.3 is 0 Å². The zero-order valence-corrected chi connectivity index (χ0v) is 18.8. The molecule has 0 aliphatic rings. The predicted molar refractivity (Wildman–Crippen MR) is 132 cm³/mol. The number of fused-ring (bicyclic) bond motifs is 3. The number of pyridine rings is 1. The number of thiophene rings is 1. The second-order valence-electron chi connectivity index (χ2n) is 7.92. The minimum atomic E-state index is 0.395. The van der Waals surface area contributed by atoms with Crippen LogP contribution < -0.4 is 4.57 Å². The molecule has 0 saturated carbocycles. The maximum Gasteiger partial charge on any atom is 0.214 e. The summed E-state index contributed by atoms with van der Waals surface area (Å²) >= 11 is 1.69. The Morgan fingerprint density at radius 2 is 1.55 bits per heavy atom. The van der Waals surface area contributed by atoms with Crippen molar-refractivity contribution in [2.24, 2.45) is 7.05 Å². The fourth-order valence-electron chi connectivity index (χ4n) is 4.31. The summed E-state index contributed by atoms with van der Waals surface area (Å²) in [6.45, 7) is 13.6. The summed E-state index contributed by atoms with van der Waals surface area (Å²) < 4.78 is 21.5. The fraction of sp³-hybridized carbons (Fsp3) is 0.143. The Morgan fingerprint density at radius 3 is 2.26 bits per heavy atom. The van der Waals surface area contributed by atoms with Gasteiger partial charge in [-0.15, -0.1) is 11.3 Å². The second kappa shape index (κ2) is 7.34. The lowest BCUT2D eigenvalue weighted by atomic mass is 9.97. The molecular formula is C28H23N2S+. The molecule has 31 heavy (non-hydrogen) atoms. The molecule has 5 rings (SSSR count). The average molecular weight is 422 g/mol. The monoisotopic (exact) mass is 421 g/mol. The van der Waals surface area contributed by atoms with E-state index < -0.39 is 0 Å². The van der Waals surface area contributed by atoms with Crippen molar-refractivity contribution in [2.75, 3.05) is 0 Å². The van der Waals surface area contributed by atoms with Crippen LogP contribution in [0.4, 0.5) is 5.69 Å². The lowest BCUT2D eigenvalue weighted by Crippen LogP contribution is -2.35. The highest BCUT2D eigenvalue weighted by Crippen LogP contribution is 2.47. The van der Waals surface area contributed by atoms with Gasteiger partial charge in [-0.1, -0.05) is 54.6 Å². The lowest BCUT2D eigenvalue weighted by Gasteiger charge is -2.09. The van der Waals surface area contributed by atoms with Gasteiger partial charge in [0.05, 0.1) is 14.9 Å². The van der Waals surface area contributed by atoms with Crippen LogP contribution in [0.3, 0.4) is 0 Å². The highest BCUT2D eigenvalue weighted by Gasteiger charge is 2.22. The van der Waals surface area contributed by atoms with E-state index in [2.05, 4.69) is 42.1 Å². The number of rotatable bonds is 2. The van der Waals surface area contributed by atoms with E-state index in [1.165, 1.54) is 0 Å². The fourth-order valence-corrected chi connectivity index (χ4v) is 5.77. The normalized spacial score (nSPS) is 12.1. The van der Waals surface area contributed by atoms with Crippen molar-refractivity contribution >= 4 is 37.2 Å². The number of hydrogen-bond acceptors (Lipinski definition) is 1. The molecule has 0 amide bonds. The van der Waals surface area contributed by atoms with Gasteiger partial charge in [0.1, 0.15) is 7.05 Å². The first-order valence-corrected chi connectivity index (χ1v) is 11.0. The van der Waals surface area contributed by atoms with Crippen LogP contribution in [0.2, 0.25) is 0 Å². The smallest absolute Gasteiger partial charge is 0.214 e. The van der Waals surface area contributed by atoms with Crippen LogP contribution in [0.1, 0.15) is 19.6 Å². The quantitative estimate of drug-likeness (QED) is 0.204. The van der Waals surface area contributed by atoms with E-state index in [1.54, 1.807) is 11.3 Å². The molecule has 2 heterocycles. The van der Waals surface area contributed by atoms with Crippen LogP contribution in [-0.4, -0.2) is 0 Å². The molecule has 2 aromatic heterocycles. The number of aromatic nitrogens is 1. The molecule has 0 aliphatic heterocycles. The van der Waals surface area contributed by atoms with Crippen LogP contribution in [0, 0.1) is 27.3 Å². The van der Waals surface area contributed by atoms with Crippen molar-refractivity contribution in [1.82, 2.24) is 0 Å². The lowest BCUT2D eigenvalue weighted by molar-refractivity contribution is -0.666. The highest BCUT2D eigenvalue weighted by atomic mass is 32.1. The zero-order valence-electron chi connectivity index (χ0n) is 20.0. The summed E-state index contributed by atoms with van der Waals surface area (Å²) in [5, 5.41) is 2.26. The van der Waals surface area contributed by atoms with Gasteiger partial charge in [0.2, 0.25) is 5.69 Å². The molecule has 0 fully saturated rings. The van der Waals surface area contributed by atoms with Gasteiger partial charge in [0.25, 0.3) is 0 Å². The van der Waals surface area contributed by atoms with Crippen molar-refractivity contribution in [3.63, 3.8) is 0 Å². The molecule has 0 N–H and O–H groups in total. The molecule has 3 heteroatoms. The third-order valence-corrected chi connectivity index (χ3v) is 7.18. The standard InChI is InChI=1S/C28H23N2S/c1-17-15-19(3)30(5)24(16-17)25-18(2)11-12-21-22-13-14-23(29-4)26(28(22)31-27(21)25)20-9-7-6-8-10-20/h6-16H,1-3,5H3/q+1/i15D,16D. The Balaban J connectivity index is 1.96. The molecular weight excluding hydrogens is 396 g/mol. The first kappa shape index (κ1) is 17.2. The topological polar surface area (TPSA) is 8.24 Å². The molecule has 0 unspecified atom stereocenters. The summed E-state index contributed by atoms with van der Waals surface area (Å²) in [5.41, 5.74) is 7.16. The predicted octanol–water partition coefficient (Wildman–Crippen LogP) is 7.69.